The van der Waals surface area contributed by atoms with Crippen LogP contribution in [-0.2, 0) is 0 Å². The Kier molecular flexibility index (Phi) is 5.02. The van der Waals surface area contributed by atoms with Crippen LogP contribution >= 0.6 is 0 Å². The van der Waals surface area contributed by atoms with Crippen molar-refractivity contribution in [2.45, 2.75) is 25.9 Å². The molecule has 6 nitrogen and oxygen atoms in total. The molecule has 0 amide bonds. The number of piperazine rings is 1. The van der Waals surface area contributed by atoms with Crippen LogP contribution in [0.25, 0.3) is 0 Å². The Balaban J connectivity index is 1.83. The average Bonchev–Trinajstić information content (AvgIpc) is 2.64. The molecule has 140 valence electrons. The standard InChI is InChI=1S/C20H26N2O4/c1-13-11-22(16-6-8-18(24)20(10-16)26-4)14(2)12-21(13)15-5-7-17(23)19(9-15)25-3/h5-10,13-14,23-24H,11-12H2,1-4H3. The molecular weight excluding hydrogens is 332 g/mol. The van der Waals surface area contributed by atoms with E-state index in [4.69, 9.17) is 9.47 Å². The molecule has 0 saturated carbocycles. The Hall–Kier alpha value is -2.76. The maximum atomic E-state index is 9.83. The molecule has 0 aliphatic carbocycles. The summed E-state index contributed by atoms with van der Waals surface area (Å²) in [6.45, 7) is 6.02. The number of phenolic OH excluding ortho intramolecular Hbond substituents is 2. The first-order valence-corrected chi connectivity index (χ1v) is 8.72. The van der Waals surface area contributed by atoms with Crippen LogP contribution in [0.3, 0.4) is 0 Å². The molecule has 0 bridgehead atoms. The summed E-state index contributed by atoms with van der Waals surface area (Å²) in [6.07, 6.45) is 0. The Morgan fingerprint density at radius 3 is 1.50 bits per heavy atom. The third-order valence-corrected chi connectivity index (χ3v) is 4.98. The van der Waals surface area contributed by atoms with Gasteiger partial charge >= 0.3 is 0 Å². The van der Waals surface area contributed by atoms with Crippen molar-refractivity contribution in [2.24, 2.45) is 0 Å². The lowest BCUT2D eigenvalue weighted by Crippen LogP contribution is -2.56. The third-order valence-electron chi connectivity index (χ3n) is 4.98. The van der Waals surface area contributed by atoms with Gasteiger partial charge in [-0.1, -0.05) is 0 Å². The molecule has 3 rings (SSSR count). The summed E-state index contributed by atoms with van der Waals surface area (Å²) in [6, 6.07) is 11.4. The summed E-state index contributed by atoms with van der Waals surface area (Å²) in [5.74, 6) is 1.25. The van der Waals surface area contributed by atoms with Crippen molar-refractivity contribution >= 4 is 11.4 Å². The highest BCUT2D eigenvalue weighted by molar-refractivity contribution is 5.60. The van der Waals surface area contributed by atoms with Crippen LogP contribution in [0.1, 0.15) is 13.8 Å². The van der Waals surface area contributed by atoms with E-state index in [1.165, 1.54) is 0 Å². The van der Waals surface area contributed by atoms with Gasteiger partial charge in [0.25, 0.3) is 0 Å². The molecule has 6 heteroatoms. The first-order valence-electron chi connectivity index (χ1n) is 8.72. The van der Waals surface area contributed by atoms with Crippen molar-refractivity contribution in [3.63, 3.8) is 0 Å². The lowest BCUT2D eigenvalue weighted by atomic mass is 10.1. The molecule has 0 aromatic heterocycles. The van der Waals surface area contributed by atoms with Crippen LogP contribution in [0.4, 0.5) is 11.4 Å². The maximum absolute atomic E-state index is 9.83. The van der Waals surface area contributed by atoms with E-state index in [0.717, 1.165) is 24.5 Å². The van der Waals surface area contributed by atoms with Gasteiger partial charge in [-0.2, -0.15) is 0 Å². The molecule has 0 spiro atoms. The second kappa shape index (κ2) is 7.23. The van der Waals surface area contributed by atoms with Gasteiger partial charge in [0.1, 0.15) is 0 Å². The molecule has 2 atom stereocenters. The van der Waals surface area contributed by atoms with E-state index in [1.54, 1.807) is 26.4 Å². The summed E-state index contributed by atoms with van der Waals surface area (Å²) in [4.78, 5) is 4.64. The summed E-state index contributed by atoms with van der Waals surface area (Å²) >= 11 is 0. The molecule has 1 aliphatic heterocycles. The fraction of sp³-hybridized carbons (Fsp3) is 0.400. The number of hydrogen-bond donors (Lipinski definition) is 2. The van der Waals surface area contributed by atoms with Gasteiger partial charge in [-0.25, -0.2) is 0 Å². The van der Waals surface area contributed by atoms with E-state index in [1.807, 2.05) is 24.3 Å². The predicted molar refractivity (Wildman–Crippen MR) is 103 cm³/mol. The van der Waals surface area contributed by atoms with Gasteiger partial charge in [-0.05, 0) is 38.1 Å². The number of phenols is 2. The topological polar surface area (TPSA) is 65.4 Å². The second-order valence-electron chi connectivity index (χ2n) is 6.72. The van der Waals surface area contributed by atoms with E-state index in [-0.39, 0.29) is 23.6 Å². The van der Waals surface area contributed by atoms with Crippen molar-refractivity contribution in [1.82, 2.24) is 0 Å². The summed E-state index contributed by atoms with van der Waals surface area (Å²) < 4.78 is 10.5. The molecule has 1 aliphatic rings. The summed E-state index contributed by atoms with van der Waals surface area (Å²) in [7, 11) is 3.11. The number of hydrogen-bond acceptors (Lipinski definition) is 6. The quantitative estimate of drug-likeness (QED) is 0.875. The monoisotopic (exact) mass is 358 g/mol. The summed E-state index contributed by atoms with van der Waals surface area (Å²) in [5, 5.41) is 19.7. The average molecular weight is 358 g/mol. The van der Waals surface area contributed by atoms with Crippen LogP contribution in [-0.4, -0.2) is 49.6 Å². The van der Waals surface area contributed by atoms with Crippen LogP contribution in [0.5, 0.6) is 23.0 Å². The van der Waals surface area contributed by atoms with Crippen LogP contribution in [0.15, 0.2) is 36.4 Å². The maximum Gasteiger partial charge on any atom is 0.162 e. The lowest BCUT2D eigenvalue weighted by Gasteiger charge is -2.46. The van der Waals surface area contributed by atoms with E-state index in [0.29, 0.717) is 11.5 Å². The fourth-order valence-electron chi connectivity index (χ4n) is 3.54. The summed E-state index contributed by atoms with van der Waals surface area (Å²) in [5.41, 5.74) is 2.06. The number of nitrogens with zero attached hydrogens (tertiary/aromatic N) is 2. The zero-order valence-electron chi connectivity index (χ0n) is 15.6. The molecule has 1 fully saturated rings. The Bertz CT molecular complexity index is 715. The van der Waals surface area contributed by atoms with Crippen molar-refractivity contribution in [1.29, 1.82) is 0 Å². The van der Waals surface area contributed by atoms with Gasteiger partial charge in [0.2, 0.25) is 0 Å². The fourth-order valence-corrected chi connectivity index (χ4v) is 3.54. The highest BCUT2D eigenvalue weighted by Crippen LogP contribution is 2.36. The minimum Gasteiger partial charge on any atom is -0.504 e. The molecule has 2 N–H and O–H groups in total. The molecule has 2 aromatic carbocycles. The minimum absolute atomic E-state index is 0.145. The first-order chi connectivity index (χ1) is 12.4. The van der Waals surface area contributed by atoms with Gasteiger partial charge in [-0.15, -0.1) is 0 Å². The van der Waals surface area contributed by atoms with E-state index >= 15 is 0 Å². The van der Waals surface area contributed by atoms with Crippen molar-refractivity contribution in [3.8, 4) is 23.0 Å². The largest absolute Gasteiger partial charge is 0.504 e. The molecule has 2 unspecified atom stereocenters. The number of rotatable bonds is 4. The minimum atomic E-state index is 0.145. The number of benzene rings is 2. The van der Waals surface area contributed by atoms with Crippen molar-refractivity contribution < 1.29 is 19.7 Å². The highest BCUT2D eigenvalue weighted by atomic mass is 16.5. The molecule has 1 heterocycles. The molecule has 0 radical (unpaired) electrons. The molecule has 1 saturated heterocycles. The SMILES string of the molecule is COc1cc(N2CC(C)N(c3ccc(O)c(OC)c3)CC2C)ccc1O. The smallest absolute Gasteiger partial charge is 0.162 e. The van der Waals surface area contributed by atoms with E-state index in [2.05, 4.69) is 23.6 Å². The predicted octanol–water partition coefficient (Wildman–Crippen LogP) is 3.22. The van der Waals surface area contributed by atoms with Crippen molar-refractivity contribution in [2.75, 3.05) is 37.1 Å². The number of ether oxygens (including phenoxy) is 2. The van der Waals surface area contributed by atoms with Crippen LogP contribution in [0, 0.1) is 0 Å². The number of anilines is 2. The molecular formula is C20H26N2O4. The van der Waals surface area contributed by atoms with Gasteiger partial charge < -0.3 is 29.5 Å². The van der Waals surface area contributed by atoms with Crippen molar-refractivity contribution in [3.05, 3.63) is 36.4 Å². The zero-order valence-corrected chi connectivity index (χ0v) is 15.6. The van der Waals surface area contributed by atoms with Crippen LogP contribution in [0.2, 0.25) is 0 Å². The van der Waals surface area contributed by atoms with Gasteiger partial charge in [0, 0.05) is 48.7 Å². The third kappa shape index (κ3) is 3.31. The Morgan fingerprint density at radius 2 is 1.15 bits per heavy atom. The van der Waals surface area contributed by atoms with E-state index in [9.17, 15) is 10.2 Å². The molecule has 26 heavy (non-hydrogen) atoms. The van der Waals surface area contributed by atoms with E-state index < -0.39 is 0 Å². The zero-order chi connectivity index (χ0) is 18.8. The first kappa shape index (κ1) is 18.0. The van der Waals surface area contributed by atoms with Crippen LogP contribution < -0.4 is 19.3 Å². The number of aromatic hydroxyl groups is 2. The van der Waals surface area contributed by atoms with Gasteiger partial charge in [-0.3, -0.25) is 0 Å². The van der Waals surface area contributed by atoms with Gasteiger partial charge in [0.05, 0.1) is 14.2 Å². The highest BCUT2D eigenvalue weighted by Gasteiger charge is 2.30. The second-order valence-corrected chi connectivity index (χ2v) is 6.72. The Morgan fingerprint density at radius 1 is 0.769 bits per heavy atom. The molecule has 2 aromatic rings. The Labute approximate surface area is 154 Å². The normalized spacial score (nSPS) is 20.2. The number of methoxy groups -OCH3 is 2. The van der Waals surface area contributed by atoms with Gasteiger partial charge in [0.15, 0.2) is 23.0 Å². The lowest BCUT2D eigenvalue weighted by molar-refractivity contribution is 0.372.